The van der Waals surface area contributed by atoms with Crippen LogP contribution in [0.5, 0.6) is 0 Å². The number of halogens is 1. The van der Waals surface area contributed by atoms with E-state index in [1.54, 1.807) is 36.8 Å². The van der Waals surface area contributed by atoms with Gasteiger partial charge in [-0.2, -0.15) is 0 Å². The van der Waals surface area contributed by atoms with Crippen LogP contribution < -0.4 is 4.90 Å². The van der Waals surface area contributed by atoms with Gasteiger partial charge in [0.2, 0.25) is 5.95 Å². The van der Waals surface area contributed by atoms with E-state index in [2.05, 4.69) is 30.0 Å². The topological polar surface area (TPSA) is 105 Å². The van der Waals surface area contributed by atoms with Crippen LogP contribution in [0.3, 0.4) is 0 Å². The Bertz CT molecular complexity index is 1100. The minimum atomic E-state index is -0.446. The summed E-state index contributed by atoms with van der Waals surface area (Å²) in [7, 11) is 0. The van der Waals surface area contributed by atoms with Crippen molar-refractivity contribution in [3.8, 4) is 11.1 Å². The quantitative estimate of drug-likeness (QED) is 0.611. The van der Waals surface area contributed by atoms with Crippen molar-refractivity contribution in [3.05, 3.63) is 42.0 Å². The van der Waals surface area contributed by atoms with Gasteiger partial charge in [-0.3, -0.25) is 9.98 Å². The Morgan fingerprint density at radius 2 is 2.00 bits per heavy atom. The Kier molecular flexibility index (Phi) is 7.39. The molecular formula is C25H29FN6O3. The molecule has 184 valence electrons. The van der Waals surface area contributed by atoms with E-state index in [-0.39, 0.29) is 24.4 Å². The van der Waals surface area contributed by atoms with E-state index in [9.17, 15) is 9.50 Å². The number of aliphatic hydroxyl groups excluding tert-OH is 1. The normalized spacial score (nSPS) is 22.3. The Hall–Kier alpha value is -3.24. The standard InChI is InChI=1S/C25H29FN6O3/c26-23-17(15-33)4-3-5-21(23)18-12-28-25(29-13-18)32-9-7-19(8-10-32)31-35-16-20-14-27-24(30-20)22-6-1-2-11-34-22/h3-5,12-14,22,24,33H,1-2,6-11,15-16H2. The second kappa shape index (κ2) is 11.0. The highest BCUT2D eigenvalue weighted by Crippen LogP contribution is 2.25. The maximum absolute atomic E-state index is 14.5. The van der Waals surface area contributed by atoms with Crippen molar-refractivity contribution in [1.29, 1.82) is 0 Å². The smallest absolute Gasteiger partial charge is 0.225 e. The monoisotopic (exact) mass is 480 g/mol. The number of hydrogen-bond acceptors (Lipinski definition) is 9. The fourth-order valence-corrected chi connectivity index (χ4v) is 4.45. The number of aromatic nitrogens is 2. The van der Waals surface area contributed by atoms with E-state index in [0.717, 1.165) is 63.2 Å². The lowest BCUT2D eigenvalue weighted by molar-refractivity contribution is 0.00331. The van der Waals surface area contributed by atoms with Gasteiger partial charge in [0.1, 0.15) is 5.82 Å². The number of nitrogens with zero attached hydrogens (tertiary/aromatic N) is 6. The van der Waals surface area contributed by atoms with Crippen LogP contribution >= 0.6 is 0 Å². The summed E-state index contributed by atoms with van der Waals surface area (Å²) in [5.74, 6) is 0.151. The van der Waals surface area contributed by atoms with Crippen molar-refractivity contribution in [2.24, 2.45) is 15.1 Å². The number of aliphatic hydroxyl groups is 1. The fraction of sp³-hybridized carbons (Fsp3) is 0.480. The third-order valence-electron chi connectivity index (χ3n) is 6.45. The van der Waals surface area contributed by atoms with Gasteiger partial charge in [0.05, 0.1) is 24.1 Å². The number of benzene rings is 1. The van der Waals surface area contributed by atoms with E-state index in [1.165, 1.54) is 0 Å². The van der Waals surface area contributed by atoms with Gasteiger partial charge in [-0.25, -0.2) is 14.4 Å². The Morgan fingerprint density at radius 3 is 2.74 bits per heavy atom. The van der Waals surface area contributed by atoms with Crippen molar-refractivity contribution in [3.63, 3.8) is 0 Å². The lowest BCUT2D eigenvalue weighted by Gasteiger charge is -2.27. The molecule has 1 aromatic carbocycles. The fourth-order valence-electron chi connectivity index (χ4n) is 4.45. The average Bonchev–Trinajstić information content (AvgIpc) is 3.39. The molecule has 3 aliphatic rings. The third-order valence-corrected chi connectivity index (χ3v) is 6.45. The molecule has 9 nitrogen and oxygen atoms in total. The molecule has 5 rings (SSSR count). The first-order valence-corrected chi connectivity index (χ1v) is 12.1. The number of rotatable bonds is 7. The molecule has 0 radical (unpaired) electrons. The second-order valence-corrected chi connectivity index (χ2v) is 8.84. The van der Waals surface area contributed by atoms with Gasteiger partial charge >= 0.3 is 0 Å². The van der Waals surface area contributed by atoms with Crippen molar-refractivity contribution < 1.29 is 19.1 Å². The van der Waals surface area contributed by atoms with E-state index >= 15 is 0 Å². The zero-order chi connectivity index (χ0) is 24.0. The zero-order valence-corrected chi connectivity index (χ0v) is 19.5. The molecule has 2 fully saturated rings. The molecule has 4 heterocycles. The van der Waals surface area contributed by atoms with Crippen molar-refractivity contribution in [1.82, 2.24) is 9.97 Å². The molecule has 0 spiro atoms. The van der Waals surface area contributed by atoms with Crippen molar-refractivity contribution in [2.45, 2.75) is 51.0 Å². The van der Waals surface area contributed by atoms with Crippen LogP contribution in [0.1, 0.15) is 37.7 Å². The number of anilines is 1. The number of oxime groups is 1. The van der Waals surface area contributed by atoms with Gasteiger partial charge in [-0.15, -0.1) is 0 Å². The van der Waals surface area contributed by atoms with Gasteiger partial charge in [-0.1, -0.05) is 23.4 Å². The molecule has 0 bridgehead atoms. The SMILES string of the molecule is OCc1cccc(-c2cnc(N3CCC(=NOCC4=NC(C5CCCCO5)N=C4)CC3)nc2)c1F. The first-order valence-electron chi connectivity index (χ1n) is 12.1. The predicted molar refractivity (Wildman–Crippen MR) is 131 cm³/mol. The molecule has 2 saturated heterocycles. The predicted octanol–water partition coefficient (Wildman–Crippen LogP) is 3.17. The van der Waals surface area contributed by atoms with E-state index in [1.807, 2.05) is 0 Å². The highest BCUT2D eigenvalue weighted by molar-refractivity contribution is 6.32. The van der Waals surface area contributed by atoms with Crippen LogP contribution in [-0.4, -0.2) is 71.3 Å². The molecule has 2 unspecified atom stereocenters. The van der Waals surface area contributed by atoms with Gasteiger partial charge < -0.3 is 19.6 Å². The lowest BCUT2D eigenvalue weighted by atomic mass is 10.1. The maximum Gasteiger partial charge on any atom is 0.225 e. The largest absolute Gasteiger partial charge is 0.392 e. The molecule has 35 heavy (non-hydrogen) atoms. The molecule has 1 N–H and O–H groups in total. The Morgan fingerprint density at radius 1 is 1.17 bits per heavy atom. The number of aliphatic imine (C=N–C) groups is 2. The molecular weight excluding hydrogens is 451 g/mol. The van der Waals surface area contributed by atoms with Gasteiger partial charge in [-0.05, 0) is 19.3 Å². The molecule has 3 aliphatic heterocycles. The van der Waals surface area contributed by atoms with Crippen LogP contribution in [0.15, 0.2) is 45.7 Å². The third kappa shape index (κ3) is 5.54. The minimum Gasteiger partial charge on any atom is -0.392 e. The average molecular weight is 481 g/mol. The summed E-state index contributed by atoms with van der Waals surface area (Å²) in [6, 6.07) is 4.92. The molecule has 2 atom stereocenters. The molecule has 0 amide bonds. The summed E-state index contributed by atoms with van der Waals surface area (Å²) in [4.78, 5) is 25.6. The molecule has 2 aromatic rings. The van der Waals surface area contributed by atoms with Crippen LogP contribution in [-0.2, 0) is 16.2 Å². The number of piperidine rings is 1. The van der Waals surface area contributed by atoms with Gasteiger partial charge in [0.15, 0.2) is 12.8 Å². The van der Waals surface area contributed by atoms with E-state index in [0.29, 0.717) is 23.7 Å². The highest BCUT2D eigenvalue weighted by atomic mass is 19.1. The molecule has 10 heteroatoms. The number of ether oxygens (including phenoxy) is 1. The Balaban J connectivity index is 1.11. The van der Waals surface area contributed by atoms with Gasteiger partial charge in [0, 0.05) is 67.8 Å². The summed E-state index contributed by atoms with van der Waals surface area (Å²) < 4.78 is 20.3. The van der Waals surface area contributed by atoms with E-state index in [4.69, 9.17) is 9.57 Å². The first-order chi connectivity index (χ1) is 17.2. The summed E-state index contributed by atoms with van der Waals surface area (Å²) in [6.45, 7) is 2.18. The zero-order valence-electron chi connectivity index (χ0n) is 19.5. The summed E-state index contributed by atoms with van der Waals surface area (Å²) >= 11 is 0. The van der Waals surface area contributed by atoms with Crippen molar-refractivity contribution in [2.75, 3.05) is 31.2 Å². The number of hydrogen-bond donors (Lipinski definition) is 1. The highest BCUT2D eigenvalue weighted by Gasteiger charge is 2.26. The van der Waals surface area contributed by atoms with Crippen molar-refractivity contribution >= 4 is 23.6 Å². The summed E-state index contributed by atoms with van der Waals surface area (Å²) in [5.41, 5.74) is 2.98. The van der Waals surface area contributed by atoms with Crippen LogP contribution in [0.25, 0.3) is 11.1 Å². The first kappa shape index (κ1) is 23.5. The summed E-state index contributed by atoms with van der Waals surface area (Å²) in [6.07, 6.45) is 9.69. The van der Waals surface area contributed by atoms with Gasteiger partial charge in [0.25, 0.3) is 0 Å². The maximum atomic E-state index is 14.5. The van der Waals surface area contributed by atoms with E-state index < -0.39 is 5.82 Å². The molecule has 1 aromatic heterocycles. The van der Waals surface area contributed by atoms with Crippen LogP contribution in [0, 0.1) is 5.82 Å². The Labute approximate surface area is 203 Å². The second-order valence-electron chi connectivity index (χ2n) is 8.84. The minimum absolute atomic E-state index is 0.0779. The molecule has 0 saturated carbocycles. The molecule has 0 aliphatic carbocycles. The lowest BCUT2D eigenvalue weighted by Crippen LogP contribution is -2.35. The van der Waals surface area contributed by atoms with Crippen LogP contribution in [0.2, 0.25) is 0 Å². The van der Waals surface area contributed by atoms with Crippen LogP contribution in [0.4, 0.5) is 10.3 Å². The summed E-state index contributed by atoms with van der Waals surface area (Å²) in [5, 5.41) is 13.6.